The SMILES string of the molecule is NC1(CC(=O)Nc2c(Cl)ccc3scnc23)CCCC1. The topological polar surface area (TPSA) is 68.0 Å². The van der Waals surface area contributed by atoms with Gasteiger partial charge in [-0.3, -0.25) is 4.79 Å². The molecule has 0 unspecified atom stereocenters. The molecule has 1 aliphatic rings. The molecule has 3 rings (SSSR count). The van der Waals surface area contributed by atoms with Crippen LogP contribution >= 0.6 is 22.9 Å². The molecule has 0 bridgehead atoms. The molecule has 1 heterocycles. The molecule has 106 valence electrons. The van der Waals surface area contributed by atoms with Gasteiger partial charge < -0.3 is 11.1 Å². The van der Waals surface area contributed by atoms with Crippen LogP contribution in [0, 0.1) is 0 Å². The van der Waals surface area contributed by atoms with E-state index in [2.05, 4.69) is 10.3 Å². The van der Waals surface area contributed by atoms with Crippen LogP contribution in [0.4, 0.5) is 5.69 Å². The number of nitrogens with zero attached hydrogens (tertiary/aromatic N) is 1. The molecule has 0 atom stereocenters. The van der Waals surface area contributed by atoms with Crippen LogP contribution in [-0.2, 0) is 4.79 Å². The third-order valence-corrected chi connectivity index (χ3v) is 4.94. The summed E-state index contributed by atoms with van der Waals surface area (Å²) < 4.78 is 1.01. The monoisotopic (exact) mass is 309 g/mol. The zero-order chi connectivity index (χ0) is 14.2. The van der Waals surface area contributed by atoms with Crippen LogP contribution in [0.1, 0.15) is 32.1 Å². The van der Waals surface area contributed by atoms with E-state index in [1.54, 1.807) is 11.6 Å². The Labute approximate surface area is 126 Å². The number of halogens is 1. The lowest BCUT2D eigenvalue weighted by molar-refractivity contribution is -0.117. The third-order valence-electron chi connectivity index (χ3n) is 3.83. The highest BCUT2D eigenvalue weighted by atomic mass is 35.5. The molecule has 2 aromatic rings. The van der Waals surface area contributed by atoms with E-state index in [1.807, 2.05) is 6.07 Å². The van der Waals surface area contributed by atoms with Gasteiger partial charge in [-0.05, 0) is 25.0 Å². The molecule has 0 spiro atoms. The van der Waals surface area contributed by atoms with Crippen LogP contribution in [0.2, 0.25) is 5.02 Å². The summed E-state index contributed by atoms with van der Waals surface area (Å²) in [6, 6.07) is 3.69. The maximum Gasteiger partial charge on any atom is 0.226 e. The minimum atomic E-state index is -0.355. The predicted molar refractivity (Wildman–Crippen MR) is 83.3 cm³/mol. The van der Waals surface area contributed by atoms with Crippen LogP contribution < -0.4 is 11.1 Å². The maximum absolute atomic E-state index is 12.2. The Bertz CT molecular complexity index is 649. The average molecular weight is 310 g/mol. The van der Waals surface area contributed by atoms with Crippen LogP contribution in [0.5, 0.6) is 0 Å². The predicted octanol–water partition coefficient (Wildman–Crippen LogP) is 3.55. The third kappa shape index (κ3) is 2.66. The summed E-state index contributed by atoms with van der Waals surface area (Å²) in [6.07, 6.45) is 4.37. The maximum atomic E-state index is 12.2. The van der Waals surface area contributed by atoms with Crippen molar-refractivity contribution >= 4 is 44.7 Å². The van der Waals surface area contributed by atoms with Crippen molar-refractivity contribution in [2.45, 2.75) is 37.6 Å². The Kier molecular flexibility index (Phi) is 3.67. The fourth-order valence-electron chi connectivity index (χ4n) is 2.78. The fraction of sp³-hybridized carbons (Fsp3) is 0.429. The number of hydrogen-bond donors (Lipinski definition) is 2. The lowest BCUT2D eigenvalue weighted by Gasteiger charge is -2.22. The van der Waals surface area contributed by atoms with Gasteiger partial charge in [0.05, 0.1) is 20.9 Å². The van der Waals surface area contributed by atoms with Gasteiger partial charge in [0.25, 0.3) is 0 Å². The molecule has 4 nitrogen and oxygen atoms in total. The van der Waals surface area contributed by atoms with Crippen LogP contribution in [0.3, 0.4) is 0 Å². The van der Waals surface area contributed by atoms with E-state index in [4.69, 9.17) is 17.3 Å². The smallest absolute Gasteiger partial charge is 0.226 e. The van der Waals surface area contributed by atoms with E-state index in [-0.39, 0.29) is 11.4 Å². The first kappa shape index (κ1) is 13.8. The van der Waals surface area contributed by atoms with Gasteiger partial charge in [0, 0.05) is 12.0 Å². The molecule has 1 aromatic heterocycles. The second-order valence-electron chi connectivity index (χ2n) is 5.42. The summed E-state index contributed by atoms with van der Waals surface area (Å²) in [5.74, 6) is -0.0863. The van der Waals surface area contributed by atoms with E-state index >= 15 is 0 Å². The molecule has 1 amide bonds. The minimum Gasteiger partial charge on any atom is -0.325 e. The Morgan fingerprint density at radius 1 is 1.45 bits per heavy atom. The van der Waals surface area contributed by atoms with Crippen LogP contribution in [0.15, 0.2) is 17.6 Å². The summed E-state index contributed by atoms with van der Waals surface area (Å²) in [5, 5.41) is 3.39. The summed E-state index contributed by atoms with van der Waals surface area (Å²) in [6.45, 7) is 0. The van der Waals surface area contributed by atoms with Gasteiger partial charge in [-0.2, -0.15) is 0 Å². The number of nitrogens with two attached hydrogens (primary N) is 1. The quantitative estimate of drug-likeness (QED) is 0.911. The summed E-state index contributed by atoms with van der Waals surface area (Å²) in [7, 11) is 0. The first-order valence-electron chi connectivity index (χ1n) is 6.68. The number of benzene rings is 1. The standard InChI is InChI=1S/C14H16ClN3OS/c15-9-3-4-10-13(17-8-20-10)12(9)18-11(19)7-14(16)5-1-2-6-14/h3-4,8H,1-2,5-7,16H2,(H,18,19). The molecule has 3 N–H and O–H groups in total. The zero-order valence-electron chi connectivity index (χ0n) is 11.0. The summed E-state index contributed by atoms with van der Waals surface area (Å²) >= 11 is 7.70. The highest BCUT2D eigenvalue weighted by Crippen LogP contribution is 2.34. The Balaban J connectivity index is 1.80. The number of anilines is 1. The highest BCUT2D eigenvalue weighted by molar-refractivity contribution is 7.16. The van der Waals surface area contributed by atoms with Gasteiger partial charge in [-0.25, -0.2) is 4.98 Å². The Morgan fingerprint density at radius 2 is 2.20 bits per heavy atom. The number of amides is 1. The van der Waals surface area contributed by atoms with Gasteiger partial charge in [0.15, 0.2) is 0 Å². The molecule has 0 saturated heterocycles. The second-order valence-corrected chi connectivity index (χ2v) is 6.71. The number of carbonyl (C=O) groups is 1. The van der Waals surface area contributed by atoms with Crippen molar-refractivity contribution in [2.24, 2.45) is 5.73 Å². The van der Waals surface area contributed by atoms with Gasteiger partial charge >= 0.3 is 0 Å². The molecule has 1 aliphatic carbocycles. The number of aromatic nitrogens is 1. The molecule has 20 heavy (non-hydrogen) atoms. The van der Waals surface area contributed by atoms with Gasteiger partial charge in [0.2, 0.25) is 5.91 Å². The molecule has 0 aliphatic heterocycles. The van der Waals surface area contributed by atoms with E-state index in [0.717, 1.165) is 35.9 Å². The minimum absolute atomic E-state index is 0.0863. The van der Waals surface area contributed by atoms with Crippen molar-refractivity contribution in [2.75, 3.05) is 5.32 Å². The lowest BCUT2D eigenvalue weighted by atomic mass is 9.94. The van der Waals surface area contributed by atoms with Gasteiger partial charge in [-0.1, -0.05) is 24.4 Å². The number of fused-ring (bicyclic) bond motifs is 1. The van der Waals surface area contributed by atoms with Gasteiger partial charge in [0.1, 0.15) is 5.52 Å². The van der Waals surface area contributed by atoms with Crippen molar-refractivity contribution in [3.8, 4) is 0 Å². The number of hydrogen-bond acceptors (Lipinski definition) is 4. The molecule has 6 heteroatoms. The normalized spacial score (nSPS) is 17.5. The molecule has 0 radical (unpaired) electrons. The van der Waals surface area contributed by atoms with Crippen LogP contribution in [-0.4, -0.2) is 16.4 Å². The van der Waals surface area contributed by atoms with Crippen molar-refractivity contribution in [1.82, 2.24) is 4.98 Å². The Morgan fingerprint density at radius 3 is 2.95 bits per heavy atom. The molecule has 1 fully saturated rings. The zero-order valence-corrected chi connectivity index (χ0v) is 12.6. The first-order valence-corrected chi connectivity index (χ1v) is 7.94. The number of rotatable bonds is 3. The fourth-order valence-corrected chi connectivity index (χ4v) is 3.67. The van der Waals surface area contributed by atoms with Crippen molar-refractivity contribution < 1.29 is 4.79 Å². The van der Waals surface area contributed by atoms with E-state index in [0.29, 0.717) is 17.1 Å². The summed E-state index contributed by atoms with van der Waals surface area (Å²) in [4.78, 5) is 16.5. The van der Waals surface area contributed by atoms with Crippen molar-refractivity contribution in [1.29, 1.82) is 0 Å². The number of thiazole rings is 1. The first-order chi connectivity index (χ1) is 9.57. The molecular weight excluding hydrogens is 294 g/mol. The van der Waals surface area contributed by atoms with Gasteiger partial charge in [-0.15, -0.1) is 11.3 Å². The second kappa shape index (κ2) is 5.31. The lowest BCUT2D eigenvalue weighted by Crippen LogP contribution is -2.40. The molecule has 1 saturated carbocycles. The largest absolute Gasteiger partial charge is 0.325 e. The van der Waals surface area contributed by atoms with Crippen LogP contribution in [0.25, 0.3) is 10.2 Å². The molecular formula is C14H16ClN3OS. The van der Waals surface area contributed by atoms with Crippen molar-refractivity contribution in [3.05, 3.63) is 22.7 Å². The highest BCUT2D eigenvalue weighted by Gasteiger charge is 2.32. The van der Waals surface area contributed by atoms with E-state index < -0.39 is 0 Å². The average Bonchev–Trinajstić information content (AvgIpc) is 3.01. The van der Waals surface area contributed by atoms with E-state index in [9.17, 15) is 4.79 Å². The van der Waals surface area contributed by atoms with Crippen molar-refractivity contribution in [3.63, 3.8) is 0 Å². The Hall–Kier alpha value is -1.17. The van der Waals surface area contributed by atoms with E-state index in [1.165, 1.54) is 11.3 Å². The summed E-state index contributed by atoms with van der Waals surface area (Å²) in [5.41, 5.74) is 8.97. The number of nitrogens with one attached hydrogen (secondary N) is 1. The number of carbonyl (C=O) groups excluding carboxylic acids is 1. The molecule has 1 aromatic carbocycles.